The number of halogens is 1. The van der Waals surface area contributed by atoms with E-state index in [2.05, 4.69) is 29.2 Å². The monoisotopic (exact) mass is 617 g/mol. The molecule has 0 N–H and O–H groups in total. The van der Waals surface area contributed by atoms with Gasteiger partial charge in [0.1, 0.15) is 5.75 Å². The highest BCUT2D eigenvalue weighted by molar-refractivity contribution is 7.89. The molecule has 1 aliphatic rings. The summed E-state index contributed by atoms with van der Waals surface area (Å²) in [6, 6.07) is 34.8. The van der Waals surface area contributed by atoms with E-state index >= 15 is 0 Å². The molecule has 0 unspecified atom stereocenters. The first-order valence-corrected chi connectivity index (χ1v) is 16.2. The van der Waals surface area contributed by atoms with Crippen LogP contribution in [0.15, 0.2) is 114 Å². The summed E-state index contributed by atoms with van der Waals surface area (Å²) < 4.78 is 34.1. The second-order valence-corrected chi connectivity index (χ2v) is 12.9. The molecule has 0 radical (unpaired) electrons. The van der Waals surface area contributed by atoms with Crippen molar-refractivity contribution < 1.29 is 17.9 Å². The molecule has 0 aliphatic carbocycles. The molecule has 0 aromatic heterocycles. The molecule has 1 saturated heterocycles. The van der Waals surface area contributed by atoms with Gasteiger partial charge in [-0.3, -0.25) is 9.69 Å². The minimum absolute atomic E-state index is 0.0255. The highest BCUT2D eigenvalue weighted by Crippen LogP contribution is 2.30. The third-order valence-corrected chi connectivity index (χ3v) is 9.96. The SMILES string of the molecule is COc1ccc(S(=O)(=O)N(CCc2ccccc2)CC(=O)N2CCN(C(c3ccccc3)c3ccccc3)CC2)cc1Cl. The zero-order valence-electron chi connectivity index (χ0n) is 24.2. The van der Waals surface area contributed by atoms with Gasteiger partial charge in [0.15, 0.2) is 0 Å². The average Bonchev–Trinajstić information content (AvgIpc) is 3.04. The van der Waals surface area contributed by atoms with Crippen molar-refractivity contribution >= 4 is 27.5 Å². The van der Waals surface area contributed by atoms with E-state index in [1.54, 1.807) is 4.90 Å². The van der Waals surface area contributed by atoms with E-state index in [1.807, 2.05) is 66.7 Å². The molecular weight excluding hydrogens is 582 g/mol. The van der Waals surface area contributed by atoms with Crippen LogP contribution in [0.25, 0.3) is 0 Å². The lowest BCUT2D eigenvalue weighted by Crippen LogP contribution is -2.52. The second kappa shape index (κ2) is 14.2. The smallest absolute Gasteiger partial charge is 0.243 e. The van der Waals surface area contributed by atoms with E-state index < -0.39 is 10.0 Å². The predicted octanol–water partition coefficient (Wildman–Crippen LogP) is 5.52. The summed E-state index contributed by atoms with van der Waals surface area (Å²) in [4.78, 5) is 17.8. The van der Waals surface area contributed by atoms with Crippen LogP contribution in [0.5, 0.6) is 5.75 Å². The number of sulfonamides is 1. The van der Waals surface area contributed by atoms with Crippen molar-refractivity contribution in [1.82, 2.24) is 14.1 Å². The lowest BCUT2D eigenvalue weighted by Gasteiger charge is -2.40. The number of methoxy groups -OCH3 is 1. The minimum atomic E-state index is -4.01. The Hall–Kier alpha value is -3.69. The molecular formula is C34H36ClN3O4S. The molecule has 43 heavy (non-hydrogen) atoms. The fraction of sp³-hybridized carbons (Fsp3) is 0.265. The summed E-state index contributed by atoms with van der Waals surface area (Å²) in [5.41, 5.74) is 3.39. The van der Waals surface area contributed by atoms with Gasteiger partial charge in [-0.1, -0.05) is 103 Å². The first-order valence-electron chi connectivity index (χ1n) is 14.4. The van der Waals surface area contributed by atoms with Crippen LogP contribution in [0, 0.1) is 0 Å². The van der Waals surface area contributed by atoms with Crippen LogP contribution in [0.1, 0.15) is 22.7 Å². The molecule has 1 amide bonds. The van der Waals surface area contributed by atoms with Crippen LogP contribution in [-0.4, -0.2) is 74.8 Å². The van der Waals surface area contributed by atoms with Gasteiger partial charge in [0.25, 0.3) is 0 Å². The number of hydrogen-bond acceptors (Lipinski definition) is 5. The Balaban J connectivity index is 1.32. The minimum Gasteiger partial charge on any atom is -0.495 e. The van der Waals surface area contributed by atoms with Crippen molar-refractivity contribution in [2.75, 3.05) is 46.4 Å². The van der Waals surface area contributed by atoms with E-state index in [9.17, 15) is 13.2 Å². The third-order valence-electron chi connectivity index (χ3n) is 7.83. The van der Waals surface area contributed by atoms with Crippen LogP contribution in [0.3, 0.4) is 0 Å². The number of piperazine rings is 1. The van der Waals surface area contributed by atoms with Crippen LogP contribution in [0.2, 0.25) is 5.02 Å². The Morgan fingerprint density at radius 3 is 1.93 bits per heavy atom. The zero-order valence-corrected chi connectivity index (χ0v) is 25.8. The third kappa shape index (κ3) is 7.46. The molecule has 224 valence electrons. The van der Waals surface area contributed by atoms with Crippen molar-refractivity contribution in [3.05, 3.63) is 131 Å². The summed E-state index contributed by atoms with van der Waals surface area (Å²) in [6.45, 7) is 2.27. The van der Waals surface area contributed by atoms with Crippen molar-refractivity contribution in [3.63, 3.8) is 0 Å². The zero-order chi connectivity index (χ0) is 30.2. The van der Waals surface area contributed by atoms with Gasteiger partial charge in [0, 0.05) is 32.7 Å². The van der Waals surface area contributed by atoms with Gasteiger partial charge in [0.2, 0.25) is 15.9 Å². The summed E-state index contributed by atoms with van der Waals surface area (Å²) in [7, 11) is -2.54. The molecule has 4 aromatic carbocycles. The summed E-state index contributed by atoms with van der Waals surface area (Å²) in [5.74, 6) is 0.168. The number of carbonyl (C=O) groups excluding carboxylic acids is 1. The Kier molecular flexibility index (Phi) is 10.1. The summed E-state index contributed by atoms with van der Waals surface area (Å²) in [5, 5.41) is 0.195. The Bertz CT molecular complexity index is 1560. The van der Waals surface area contributed by atoms with Crippen LogP contribution >= 0.6 is 11.6 Å². The van der Waals surface area contributed by atoms with E-state index in [-0.39, 0.29) is 35.0 Å². The topological polar surface area (TPSA) is 70.2 Å². The molecule has 5 rings (SSSR count). The molecule has 1 heterocycles. The molecule has 0 atom stereocenters. The second-order valence-electron chi connectivity index (χ2n) is 10.5. The molecule has 9 heteroatoms. The lowest BCUT2D eigenvalue weighted by atomic mass is 9.96. The number of rotatable bonds is 11. The van der Waals surface area contributed by atoms with Crippen molar-refractivity contribution in [2.45, 2.75) is 17.4 Å². The van der Waals surface area contributed by atoms with E-state index in [0.717, 1.165) is 5.56 Å². The summed E-state index contributed by atoms with van der Waals surface area (Å²) >= 11 is 6.28. The number of benzene rings is 4. The highest BCUT2D eigenvalue weighted by Gasteiger charge is 2.32. The van der Waals surface area contributed by atoms with Crippen molar-refractivity contribution in [2.24, 2.45) is 0 Å². The molecule has 1 fully saturated rings. The molecule has 0 bridgehead atoms. The maximum absolute atomic E-state index is 13.8. The number of amides is 1. The van der Waals surface area contributed by atoms with Crippen molar-refractivity contribution in [3.8, 4) is 5.75 Å². The number of nitrogens with zero attached hydrogens (tertiary/aromatic N) is 3. The van der Waals surface area contributed by atoms with Gasteiger partial charge in [-0.15, -0.1) is 0 Å². The van der Waals surface area contributed by atoms with E-state index in [0.29, 0.717) is 38.3 Å². The fourth-order valence-corrected chi connectivity index (χ4v) is 7.24. The highest BCUT2D eigenvalue weighted by atomic mass is 35.5. The number of ether oxygens (including phenoxy) is 1. The fourth-order valence-electron chi connectivity index (χ4n) is 5.50. The van der Waals surface area contributed by atoms with Crippen LogP contribution in [0.4, 0.5) is 0 Å². The predicted molar refractivity (Wildman–Crippen MR) is 170 cm³/mol. The maximum atomic E-state index is 13.8. The van der Waals surface area contributed by atoms with Gasteiger partial charge >= 0.3 is 0 Å². The van der Waals surface area contributed by atoms with Crippen LogP contribution < -0.4 is 4.74 Å². The summed E-state index contributed by atoms with van der Waals surface area (Å²) in [6.07, 6.45) is 0.473. The number of carbonyl (C=O) groups is 1. The first-order chi connectivity index (χ1) is 20.9. The average molecular weight is 618 g/mol. The van der Waals surface area contributed by atoms with Gasteiger partial charge in [-0.05, 0) is 41.3 Å². The first kappa shape index (κ1) is 30.8. The Labute approximate surface area is 259 Å². The Morgan fingerprint density at radius 2 is 1.40 bits per heavy atom. The molecule has 0 spiro atoms. The maximum Gasteiger partial charge on any atom is 0.243 e. The van der Waals surface area contributed by atoms with Gasteiger partial charge < -0.3 is 9.64 Å². The van der Waals surface area contributed by atoms with Gasteiger partial charge in [0.05, 0.1) is 29.6 Å². The quantitative estimate of drug-likeness (QED) is 0.222. The van der Waals surface area contributed by atoms with Gasteiger partial charge in [-0.25, -0.2) is 8.42 Å². The molecule has 0 saturated carbocycles. The largest absolute Gasteiger partial charge is 0.495 e. The van der Waals surface area contributed by atoms with Crippen LogP contribution in [-0.2, 0) is 21.2 Å². The molecule has 1 aliphatic heterocycles. The lowest BCUT2D eigenvalue weighted by molar-refractivity contribution is -0.133. The van der Waals surface area contributed by atoms with Gasteiger partial charge in [-0.2, -0.15) is 4.31 Å². The Morgan fingerprint density at radius 1 is 0.837 bits per heavy atom. The molecule has 7 nitrogen and oxygen atoms in total. The molecule has 4 aromatic rings. The number of hydrogen-bond donors (Lipinski definition) is 0. The van der Waals surface area contributed by atoms with E-state index in [1.165, 1.54) is 40.7 Å². The van der Waals surface area contributed by atoms with E-state index in [4.69, 9.17) is 16.3 Å². The normalized spacial score (nSPS) is 14.3. The standard InChI is InChI=1S/C34H36ClN3O4S/c1-42-32-18-17-30(25-31(32)35)43(40,41)38(20-19-27-11-5-2-6-12-27)26-33(39)36-21-23-37(24-22-36)34(28-13-7-3-8-14-28)29-15-9-4-10-16-29/h2-18,25,34H,19-24,26H2,1H3. The van der Waals surface area contributed by atoms with Crippen molar-refractivity contribution in [1.29, 1.82) is 0 Å².